The van der Waals surface area contributed by atoms with Gasteiger partial charge in [0, 0.05) is 19.0 Å². The molecule has 0 spiro atoms. The third-order valence-electron chi connectivity index (χ3n) is 5.27. The first-order valence-electron chi connectivity index (χ1n) is 10.8. The molecule has 0 radical (unpaired) electrons. The summed E-state index contributed by atoms with van der Waals surface area (Å²) in [5, 5.41) is 0. The number of carbonyl (C=O) groups excluding carboxylic acids is 2. The molecule has 0 saturated heterocycles. The molecule has 1 aliphatic rings. The van der Waals surface area contributed by atoms with E-state index in [4.69, 9.17) is 14.2 Å². The van der Waals surface area contributed by atoms with Gasteiger partial charge < -0.3 is 14.2 Å². The molecule has 9 heteroatoms. The number of alkyl halides is 2. The smallest absolute Gasteiger partial charge is 0.411 e. The molecular weight excluding hydrogens is 451 g/mol. The van der Waals surface area contributed by atoms with Crippen molar-refractivity contribution < 1.29 is 37.0 Å². The van der Waals surface area contributed by atoms with Crippen LogP contribution in [0.1, 0.15) is 56.0 Å². The van der Waals surface area contributed by atoms with Crippen molar-refractivity contribution in [2.24, 2.45) is 0 Å². The monoisotopic (exact) mass is 479 g/mol. The van der Waals surface area contributed by atoms with Crippen LogP contribution in [-0.2, 0) is 33.2 Å². The van der Waals surface area contributed by atoms with Gasteiger partial charge in [0.15, 0.2) is 6.04 Å². The van der Waals surface area contributed by atoms with Crippen LogP contribution in [0.5, 0.6) is 5.75 Å². The Bertz CT molecular complexity index is 1080. The number of benzene rings is 2. The van der Waals surface area contributed by atoms with Gasteiger partial charge in [-0.2, -0.15) is 0 Å². The van der Waals surface area contributed by atoms with E-state index < -0.39 is 41.0 Å². The molecule has 0 aliphatic carbocycles. The number of fused-ring (bicyclic) bond motifs is 1. The van der Waals surface area contributed by atoms with Crippen molar-refractivity contribution in [1.29, 1.82) is 0 Å². The maximum Gasteiger partial charge on any atom is 0.411 e. The van der Waals surface area contributed by atoms with Crippen molar-refractivity contribution in [3.63, 3.8) is 0 Å². The molecule has 0 N–H and O–H groups in total. The minimum Gasteiger partial charge on any atom is -0.489 e. The molecule has 1 amide bonds. The third kappa shape index (κ3) is 6.01. The summed E-state index contributed by atoms with van der Waals surface area (Å²) < 4.78 is 57.1. The summed E-state index contributed by atoms with van der Waals surface area (Å²) >= 11 is 0. The van der Waals surface area contributed by atoms with Gasteiger partial charge in [0.1, 0.15) is 23.8 Å². The lowest BCUT2D eigenvalue weighted by Crippen LogP contribution is -2.46. The number of carbonyl (C=O) groups is 2. The lowest BCUT2D eigenvalue weighted by atomic mass is 9.92. The van der Waals surface area contributed by atoms with E-state index in [9.17, 15) is 22.8 Å². The van der Waals surface area contributed by atoms with Gasteiger partial charge in [-0.3, -0.25) is 4.90 Å². The standard InChI is InChI=1S/C25H28F3NO5/c1-24(2,3)34-23(31)29-9-8-16-12-19(6-7-20(16)21(29)22(30)32-5)33-14-15-10-17(25(4,27)28)13-18(26)11-15/h6-7,10-13,21H,8-9,14H2,1-5H3/t21-/m1/s1. The molecule has 0 aromatic heterocycles. The Morgan fingerprint density at radius 1 is 1.09 bits per heavy atom. The van der Waals surface area contributed by atoms with E-state index in [1.807, 2.05) is 0 Å². The summed E-state index contributed by atoms with van der Waals surface area (Å²) in [5.74, 6) is -4.13. The number of amides is 1. The van der Waals surface area contributed by atoms with E-state index in [2.05, 4.69) is 0 Å². The molecule has 2 aromatic rings. The normalized spacial score (nSPS) is 16.0. The third-order valence-corrected chi connectivity index (χ3v) is 5.27. The zero-order valence-corrected chi connectivity index (χ0v) is 19.8. The average Bonchev–Trinajstić information content (AvgIpc) is 2.74. The molecule has 184 valence electrons. The Labute approximate surface area is 196 Å². The average molecular weight is 479 g/mol. The second-order valence-corrected chi connectivity index (χ2v) is 9.24. The Morgan fingerprint density at radius 2 is 1.79 bits per heavy atom. The first kappa shape index (κ1) is 25.4. The SMILES string of the molecule is COC(=O)[C@H]1c2ccc(OCc3cc(F)cc(C(C)(F)F)c3)cc2CCN1C(=O)OC(C)(C)C. The molecule has 1 heterocycles. The van der Waals surface area contributed by atoms with E-state index in [-0.39, 0.29) is 18.7 Å². The quantitative estimate of drug-likeness (QED) is 0.528. The van der Waals surface area contributed by atoms with Crippen LogP contribution >= 0.6 is 0 Å². The zero-order chi connectivity index (χ0) is 25.3. The van der Waals surface area contributed by atoms with Crippen LogP contribution in [0, 0.1) is 5.82 Å². The lowest BCUT2D eigenvalue weighted by molar-refractivity contribution is -0.147. The van der Waals surface area contributed by atoms with Gasteiger partial charge in [-0.25, -0.2) is 22.8 Å². The molecule has 34 heavy (non-hydrogen) atoms. The highest BCUT2D eigenvalue weighted by atomic mass is 19.3. The highest BCUT2D eigenvalue weighted by Crippen LogP contribution is 2.34. The van der Waals surface area contributed by atoms with Gasteiger partial charge in [0.2, 0.25) is 0 Å². The minimum atomic E-state index is -3.18. The minimum absolute atomic E-state index is 0.121. The van der Waals surface area contributed by atoms with Gasteiger partial charge in [-0.1, -0.05) is 6.07 Å². The second kappa shape index (κ2) is 9.56. The number of ether oxygens (including phenoxy) is 3. The van der Waals surface area contributed by atoms with Gasteiger partial charge >= 0.3 is 12.1 Å². The van der Waals surface area contributed by atoms with Gasteiger partial charge in [-0.05, 0) is 74.2 Å². The largest absolute Gasteiger partial charge is 0.489 e. The van der Waals surface area contributed by atoms with Crippen molar-refractivity contribution in [3.8, 4) is 5.75 Å². The van der Waals surface area contributed by atoms with Crippen LogP contribution in [0.25, 0.3) is 0 Å². The fourth-order valence-electron chi connectivity index (χ4n) is 3.73. The zero-order valence-electron chi connectivity index (χ0n) is 19.8. The predicted octanol–water partition coefficient (Wildman–Crippen LogP) is 5.52. The summed E-state index contributed by atoms with van der Waals surface area (Å²) in [7, 11) is 1.24. The Balaban J connectivity index is 1.82. The second-order valence-electron chi connectivity index (χ2n) is 9.24. The van der Waals surface area contributed by atoms with Crippen LogP contribution in [0.2, 0.25) is 0 Å². The van der Waals surface area contributed by atoms with Crippen LogP contribution < -0.4 is 4.74 Å². The molecule has 0 unspecified atom stereocenters. The van der Waals surface area contributed by atoms with Crippen molar-refractivity contribution in [1.82, 2.24) is 4.90 Å². The molecule has 2 aromatic carbocycles. The van der Waals surface area contributed by atoms with Crippen LogP contribution in [0.4, 0.5) is 18.0 Å². The number of hydrogen-bond donors (Lipinski definition) is 0. The summed E-state index contributed by atoms with van der Waals surface area (Å²) in [6.45, 7) is 6.02. The molecule has 0 bridgehead atoms. The number of rotatable bonds is 5. The van der Waals surface area contributed by atoms with Gasteiger partial charge in [-0.15, -0.1) is 0 Å². The van der Waals surface area contributed by atoms with Gasteiger partial charge in [0.25, 0.3) is 5.92 Å². The van der Waals surface area contributed by atoms with Crippen LogP contribution in [0.15, 0.2) is 36.4 Å². The van der Waals surface area contributed by atoms with Crippen LogP contribution in [0.3, 0.4) is 0 Å². The fourth-order valence-corrected chi connectivity index (χ4v) is 3.73. The first-order chi connectivity index (χ1) is 15.8. The molecular formula is C25H28F3NO5. The van der Waals surface area contributed by atoms with E-state index in [1.54, 1.807) is 39.0 Å². The van der Waals surface area contributed by atoms with Crippen molar-refractivity contribution >= 4 is 12.1 Å². The van der Waals surface area contributed by atoms with Crippen LogP contribution in [-0.4, -0.2) is 36.2 Å². The van der Waals surface area contributed by atoms with E-state index in [0.717, 1.165) is 17.7 Å². The topological polar surface area (TPSA) is 65.1 Å². The van der Waals surface area contributed by atoms with Crippen molar-refractivity contribution in [2.75, 3.05) is 13.7 Å². The molecule has 1 atom stereocenters. The molecule has 6 nitrogen and oxygen atoms in total. The molecule has 0 saturated carbocycles. The number of halogens is 3. The van der Waals surface area contributed by atoms with Crippen molar-refractivity contribution in [3.05, 3.63) is 64.5 Å². The van der Waals surface area contributed by atoms with E-state index in [1.165, 1.54) is 18.1 Å². The van der Waals surface area contributed by atoms with E-state index in [0.29, 0.717) is 24.7 Å². The molecule has 3 rings (SSSR count). The number of hydrogen-bond acceptors (Lipinski definition) is 5. The highest BCUT2D eigenvalue weighted by molar-refractivity contribution is 5.84. The summed E-state index contributed by atoms with van der Waals surface area (Å²) in [6.07, 6.45) is -0.186. The first-order valence-corrected chi connectivity index (χ1v) is 10.8. The Morgan fingerprint density at radius 3 is 2.41 bits per heavy atom. The predicted molar refractivity (Wildman–Crippen MR) is 118 cm³/mol. The Kier molecular flexibility index (Phi) is 7.14. The molecule has 1 aliphatic heterocycles. The van der Waals surface area contributed by atoms with Crippen molar-refractivity contribution in [2.45, 2.75) is 58.3 Å². The highest BCUT2D eigenvalue weighted by Gasteiger charge is 2.39. The number of esters is 1. The summed E-state index contributed by atoms with van der Waals surface area (Å²) in [5.41, 5.74) is 0.453. The summed E-state index contributed by atoms with van der Waals surface area (Å²) in [6, 6.07) is 7.13. The Hall–Kier alpha value is -3.23. The number of methoxy groups -OCH3 is 1. The maximum absolute atomic E-state index is 13.8. The lowest BCUT2D eigenvalue weighted by Gasteiger charge is -2.36. The maximum atomic E-state index is 13.8. The summed E-state index contributed by atoms with van der Waals surface area (Å²) in [4.78, 5) is 26.6. The van der Waals surface area contributed by atoms with Gasteiger partial charge in [0.05, 0.1) is 7.11 Å². The van der Waals surface area contributed by atoms with E-state index >= 15 is 0 Å². The molecule has 0 fully saturated rings. The fraction of sp³-hybridized carbons (Fsp3) is 0.440. The number of nitrogens with zero attached hydrogens (tertiary/aromatic N) is 1.